The van der Waals surface area contributed by atoms with E-state index in [0.29, 0.717) is 28.7 Å². The summed E-state index contributed by atoms with van der Waals surface area (Å²) in [4.78, 5) is 42.4. The molecule has 1 heterocycles. The first-order valence-electron chi connectivity index (χ1n) is 10.6. The lowest BCUT2D eigenvalue weighted by Gasteiger charge is -2.05. The second kappa shape index (κ2) is 11.8. The van der Waals surface area contributed by atoms with Crippen molar-refractivity contribution in [2.24, 2.45) is 4.99 Å². The van der Waals surface area contributed by atoms with Gasteiger partial charge in [-0.1, -0.05) is 29.0 Å². The molecule has 0 fully saturated rings. The third-order valence-corrected chi connectivity index (χ3v) is 6.89. The highest BCUT2D eigenvalue weighted by Gasteiger charge is 2.15. The van der Waals surface area contributed by atoms with Crippen LogP contribution in [-0.2, 0) is 25.6 Å². The number of aromatic nitrogens is 1. The molecule has 1 aromatic heterocycles. The first kappa shape index (κ1) is 24.7. The number of esters is 2. The minimum atomic E-state index is -0.451. The first-order chi connectivity index (χ1) is 15.9. The van der Waals surface area contributed by atoms with Crippen LogP contribution in [0.2, 0.25) is 0 Å². The van der Waals surface area contributed by atoms with Gasteiger partial charge in [-0.2, -0.15) is 4.99 Å². The summed E-state index contributed by atoms with van der Waals surface area (Å²) in [6.45, 7) is 3.99. The molecule has 33 heavy (non-hydrogen) atoms. The number of amides is 1. The van der Waals surface area contributed by atoms with Crippen molar-refractivity contribution in [1.29, 1.82) is 0 Å². The van der Waals surface area contributed by atoms with Crippen molar-refractivity contribution in [1.82, 2.24) is 4.57 Å². The van der Waals surface area contributed by atoms with Crippen LogP contribution in [0, 0.1) is 6.92 Å². The number of carbonyl (C=O) groups is 3. The van der Waals surface area contributed by atoms with E-state index in [0.717, 1.165) is 10.5 Å². The molecule has 3 rings (SSSR count). The molecule has 0 aliphatic rings. The molecule has 9 heteroatoms. The van der Waals surface area contributed by atoms with Gasteiger partial charge in [0.1, 0.15) is 6.54 Å². The Hall–Kier alpha value is -2.91. The molecule has 3 aromatic rings. The van der Waals surface area contributed by atoms with Gasteiger partial charge in [-0.3, -0.25) is 9.59 Å². The average molecular weight is 487 g/mol. The molecule has 0 N–H and O–H groups in total. The van der Waals surface area contributed by atoms with Crippen LogP contribution < -0.4 is 4.80 Å². The van der Waals surface area contributed by atoms with Crippen LogP contribution in [0.15, 0.2) is 52.4 Å². The summed E-state index contributed by atoms with van der Waals surface area (Å²) < 4.78 is 12.2. The van der Waals surface area contributed by atoms with Crippen molar-refractivity contribution < 1.29 is 23.9 Å². The number of carbonyl (C=O) groups excluding carboxylic acids is 3. The third-order valence-electron chi connectivity index (χ3n) is 4.75. The SMILES string of the molecule is CCOC(=O)c1ccc2c(c1)sc(=NC(=O)CCCSc1ccc(C)cc1)n2CC(=O)OC. The zero-order valence-corrected chi connectivity index (χ0v) is 20.5. The molecule has 7 nitrogen and oxygen atoms in total. The maximum atomic E-state index is 12.5. The molecule has 2 aromatic carbocycles. The van der Waals surface area contributed by atoms with Gasteiger partial charge < -0.3 is 14.0 Å². The van der Waals surface area contributed by atoms with Crippen LogP contribution in [0.3, 0.4) is 0 Å². The Balaban J connectivity index is 1.77. The fraction of sp³-hybridized carbons (Fsp3) is 0.333. The Kier molecular flexibility index (Phi) is 8.85. The second-order valence-corrected chi connectivity index (χ2v) is 9.40. The maximum Gasteiger partial charge on any atom is 0.338 e. The molecular formula is C24H26N2O5S2. The molecule has 0 spiro atoms. The highest BCUT2D eigenvalue weighted by Crippen LogP contribution is 2.21. The molecule has 0 saturated heterocycles. The van der Waals surface area contributed by atoms with Gasteiger partial charge in [0.2, 0.25) is 5.91 Å². The minimum absolute atomic E-state index is 0.0787. The topological polar surface area (TPSA) is 87.0 Å². The highest BCUT2D eigenvalue weighted by molar-refractivity contribution is 7.99. The molecule has 0 aliphatic carbocycles. The Labute approximate surface area is 200 Å². The van der Waals surface area contributed by atoms with Crippen molar-refractivity contribution in [3.8, 4) is 0 Å². The summed E-state index contributed by atoms with van der Waals surface area (Å²) in [5, 5.41) is 0. The van der Waals surface area contributed by atoms with E-state index < -0.39 is 11.9 Å². The zero-order valence-electron chi connectivity index (χ0n) is 18.8. The number of rotatable bonds is 9. The standard InChI is InChI=1S/C24H26N2O5S2/c1-4-31-23(29)17-9-12-19-20(14-17)33-24(26(19)15-22(28)30-3)25-21(27)6-5-13-32-18-10-7-16(2)8-11-18/h7-12,14H,4-6,13,15H2,1-3H3. The van der Waals surface area contributed by atoms with Crippen LogP contribution >= 0.6 is 23.1 Å². The van der Waals surface area contributed by atoms with Crippen LogP contribution in [0.4, 0.5) is 0 Å². The van der Waals surface area contributed by atoms with Crippen LogP contribution in [0.25, 0.3) is 10.2 Å². The molecule has 0 radical (unpaired) electrons. The molecule has 0 aliphatic heterocycles. The van der Waals surface area contributed by atoms with Crippen molar-refractivity contribution in [2.45, 2.75) is 38.1 Å². The number of methoxy groups -OCH3 is 1. The van der Waals surface area contributed by atoms with E-state index in [4.69, 9.17) is 9.47 Å². The molecule has 0 bridgehead atoms. The van der Waals surface area contributed by atoms with E-state index in [2.05, 4.69) is 29.3 Å². The summed E-state index contributed by atoms with van der Waals surface area (Å²) in [6, 6.07) is 13.3. The van der Waals surface area contributed by atoms with E-state index in [1.54, 1.807) is 41.5 Å². The van der Waals surface area contributed by atoms with Crippen molar-refractivity contribution in [3.63, 3.8) is 0 Å². The fourth-order valence-corrected chi connectivity index (χ4v) is 5.00. The van der Waals surface area contributed by atoms with Crippen molar-refractivity contribution in [2.75, 3.05) is 19.5 Å². The highest BCUT2D eigenvalue weighted by atomic mass is 32.2. The Morgan fingerprint density at radius 3 is 2.58 bits per heavy atom. The number of hydrogen-bond donors (Lipinski definition) is 0. The fourth-order valence-electron chi connectivity index (χ4n) is 3.06. The Morgan fingerprint density at radius 2 is 1.88 bits per heavy atom. The summed E-state index contributed by atoms with van der Waals surface area (Å²) in [6.07, 6.45) is 0.995. The van der Waals surface area contributed by atoms with Crippen molar-refractivity contribution in [3.05, 3.63) is 58.4 Å². The number of aryl methyl sites for hydroxylation is 1. The molecular weight excluding hydrogens is 460 g/mol. The van der Waals surface area contributed by atoms with E-state index in [1.165, 1.54) is 28.9 Å². The van der Waals surface area contributed by atoms with E-state index in [-0.39, 0.29) is 19.1 Å². The summed E-state index contributed by atoms with van der Waals surface area (Å²) in [5.41, 5.74) is 2.31. The first-order valence-corrected chi connectivity index (χ1v) is 12.4. The quantitative estimate of drug-likeness (QED) is 0.254. The number of ether oxygens (including phenoxy) is 2. The van der Waals surface area contributed by atoms with Gasteiger partial charge in [0, 0.05) is 11.3 Å². The number of hydrogen-bond acceptors (Lipinski definition) is 7. The lowest BCUT2D eigenvalue weighted by Crippen LogP contribution is -2.22. The normalized spacial score (nSPS) is 11.5. The summed E-state index contributed by atoms with van der Waals surface area (Å²) >= 11 is 2.95. The number of thiazole rings is 1. The van der Waals surface area contributed by atoms with Gasteiger partial charge in [-0.25, -0.2) is 4.79 Å². The predicted octanol–water partition coefficient (Wildman–Crippen LogP) is 4.36. The summed E-state index contributed by atoms with van der Waals surface area (Å²) in [7, 11) is 1.31. The van der Waals surface area contributed by atoms with E-state index >= 15 is 0 Å². The number of benzene rings is 2. The molecule has 0 atom stereocenters. The Morgan fingerprint density at radius 1 is 1.12 bits per heavy atom. The van der Waals surface area contributed by atoms with Gasteiger partial charge >= 0.3 is 11.9 Å². The van der Waals surface area contributed by atoms with Crippen LogP contribution in [0.1, 0.15) is 35.7 Å². The van der Waals surface area contributed by atoms with E-state index in [9.17, 15) is 14.4 Å². The van der Waals surface area contributed by atoms with Crippen LogP contribution in [-0.4, -0.2) is 41.9 Å². The van der Waals surface area contributed by atoms with Gasteiger partial charge in [0.15, 0.2) is 4.80 Å². The molecule has 1 amide bonds. The summed E-state index contributed by atoms with van der Waals surface area (Å²) in [5.74, 6) is -0.322. The molecule has 0 unspecified atom stereocenters. The Bertz CT molecular complexity index is 1210. The monoisotopic (exact) mass is 486 g/mol. The van der Waals surface area contributed by atoms with Crippen molar-refractivity contribution >= 4 is 51.2 Å². The van der Waals surface area contributed by atoms with Gasteiger partial charge in [-0.15, -0.1) is 11.8 Å². The van der Waals surface area contributed by atoms with E-state index in [1.807, 2.05) is 6.92 Å². The predicted molar refractivity (Wildman–Crippen MR) is 129 cm³/mol. The average Bonchev–Trinajstić information content (AvgIpc) is 3.13. The smallest absolute Gasteiger partial charge is 0.338 e. The zero-order chi connectivity index (χ0) is 23.8. The van der Waals surface area contributed by atoms with Gasteiger partial charge in [-0.05, 0) is 56.4 Å². The number of nitrogens with zero attached hydrogens (tertiary/aromatic N) is 2. The lowest BCUT2D eigenvalue weighted by atomic mass is 10.2. The maximum absolute atomic E-state index is 12.5. The number of thioether (sulfide) groups is 1. The molecule has 174 valence electrons. The number of fused-ring (bicyclic) bond motifs is 1. The van der Waals surface area contributed by atoms with Gasteiger partial charge in [0.25, 0.3) is 0 Å². The lowest BCUT2D eigenvalue weighted by molar-refractivity contribution is -0.141. The third kappa shape index (κ3) is 6.79. The van der Waals surface area contributed by atoms with Crippen LogP contribution in [0.5, 0.6) is 0 Å². The van der Waals surface area contributed by atoms with Gasteiger partial charge in [0.05, 0.1) is 29.5 Å². The largest absolute Gasteiger partial charge is 0.468 e. The second-order valence-electron chi connectivity index (χ2n) is 7.22. The molecule has 0 saturated carbocycles. The minimum Gasteiger partial charge on any atom is -0.468 e.